The first-order chi connectivity index (χ1) is 12.7. The molecular formula is C17H19N7O2. The normalized spacial score (nSPS) is 17.3. The number of anilines is 2. The molecule has 9 heteroatoms. The lowest BCUT2D eigenvalue weighted by Gasteiger charge is -2.32. The Hall–Kier alpha value is -3.20. The second kappa shape index (κ2) is 6.96. The number of morpholine rings is 1. The zero-order valence-electron chi connectivity index (χ0n) is 14.3. The number of aryl methyl sites for hydroxylation is 1. The molecule has 3 N–H and O–H groups in total. The highest BCUT2D eigenvalue weighted by atomic mass is 16.5. The number of H-pyrrole nitrogens is 2. The standard InChI is InChI=1S/C17H19N7O2/c1-11-9-16(23-21-11)20-15-4-2-3-12(19-15)14-10-24(7-8-26-14)17(25)13-5-6-18-22-13/h2-6,9,14H,7-8,10H2,1H3,(H,18,22)(H2,19,20,21,23)/t14-/m0/s1. The SMILES string of the molecule is Cc1cc(Nc2cccc([C@@H]3CN(C(=O)c4ccn[nH]4)CCO3)n2)n[nH]1. The smallest absolute Gasteiger partial charge is 0.272 e. The Morgan fingerprint density at radius 1 is 1.31 bits per heavy atom. The zero-order valence-corrected chi connectivity index (χ0v) is 14.3. The Morgan fingerprint density at radius 3 is 3.00 bits per heavy atom. The fraction of sp³-hybridized carbons (Fsp3) is 0.294. The molecule has 1 atom stereocenters. The van der Waals surface area contributed by atoms with Gasteiger partial charge in [0.25, 0.3) is 5.91 Å². The number of ether oxygens (including phenoxy) is 1. The summed E-state index contributed by atoms with van der Waals surface area (Å²) in [5.41, 5.74) is 2.21. The van der Waals surface area contributed by atoms with E-state index in [0.29, 0.717) is 37.0 Å². The van der Waals surface area contributed by atoms with Gasteiger partial charge in [0.05, 0.1) is 18.8 Å². The molecular weight excluding hydrogens is 334 g/mol. The summed E-state index contributed by atoms with van der Waals surface area (Å²) in [6, 6.07) is 9.24. The van der Waals surface area contributed by atoms with Crippen LogP contribution in [-0.2, 0) is 4.74 Å². The zero-order chi connectivity index (χ0) is 17.9. The summed E-state index contributed by atoms with van der Waals surface area (Å²) in [6.07, 6.45) is 1.29. The third kappa shape index (κ3) is 3.42. The largest absolute Gasteiger partial charge is 0.368 e. The molecule has 1 aliphatic rings. The number of nitrogens with one attached hydrogen (secondary N) is 3. The average Bonchev–Trinajstić information content (AvgIpc) is 3.33. The molecule has 0 bridgehead atoms. The van der Waals surface area contributed by atoms with E-state index in [1.807, 2.05) is 31.2 Å². The lowest BCUT2D eigenvalue weighted by atomic mass is 10.1. The number of carbonyl (C=O) groups is 1. The van der Waals surface area contributed by atoms with Crippen molar-refractivity contribution in [1.82, 2.24) is 30.3 Å². The molecule has 0 saturated carbocycles. The Labute approximate surface area is 149 Å². The number of aromatic nitrogens is 5. The molecule has 0 aliphatic carbocycles. The van der Waals surface area contributed by atoms with Crippen LogP contribution in [0.15, 0.2) is 36.5 Å². The molecule has 3 aromatic rings. The predicted molar refractivity (Wildman–Crippen MR) is 94.0 cm³/mol. The topological polar surface area (TPSA) is 112 Å². The van der Waals surface area contributed by atoms with Gasteiger partial charge in [0.1, 0.15) is 17.6 Å². The maximum atomic E-state index is 12.5. The lowest BCUT2D eigenvalue weighted by molar-refractivity contribution is -0.0248. The Kier molecular flexibility index (Phi) is 4.36. The van der Waals surface area contributed by atoms with Gasteiger partial charge >= 0.3 is 0 Å². The van der Waals surface area contributed by atoms with Crippen LogP contribution in [0.25, 0.3) is 0 Å². The molecule has 3 aromatic heterocycles. The number of rotatable bonds is 4. The van der Waals surface area contributed by atoms with Crippen molar-refractivity contribution < 1.29 is 9.53 Å². The number of hydrogen-bond donors (Lipinski definition) is 3. The highest BCUT2D eigenvalue weighted by molar-refractivity contribution is 5.92. The molecule has 1 aliphatic heterocycles. The van der Waals surface area contributed by atoms with Crippen LogP contribution in [0.3, 0.4) is 0 Å². The van der Waals surface area contributed by atoms with E-state index in [1.165, 1.54) is 0 Å². The highest BCUT2D eigenvalue weighted by Crippen LogP contribution is 2.23. The van der Waals surface area contributed by atoms with E-state index in [2.05, 4.69) is 30.7 Å². The molecule has 134 valence electrons. The Balaban J connectivity index is 1.48. The minimum absolute atomic E-state index is 0.0860. The molecule has 9 nitrogen and oxygen atoms in total. The quantitative estimate of drug-likeness (QED) is 0.659. The molecule has 0 radical (unpaired) electrons. The van der Waals surface area contributed by atoms with Crippen molar-refractivity contribution in [3.63, 3.8) is 0 Å². The summed E-state index contributed by atoms with van der Waals surface area (Å²) >= 11 is 0. The fourth-order valence-corrected chi connectivity index (χ4v) is 2.87. The van der Waals surface area contributed by atoms with Crippen LogP contribution in [0, 0.1) is 6.92 Å². The highest BCUT2D eigenvalue weighted by Gasteiger charge is 2.27. The summed E-state index contributed by atoms with van der Waals surface area (Å²) in [6.45, 7) is 3.38. The number of nitrogens with zero attached hydrogens (tertiary/aromatic N) is 4. The molecule has 4 heterocycles. The number of aromatic amines is 2. The van der Waals surface area contributed by atoms with E-state index in [4.69, 9.17) is 4.74 Å². The molecule has 26 heavy (non-hydrogen) atoms. The summed E-state index contributed by atoms with van der Waals surface area (Å²) < 4.78 is 5.84. The van der Waals surface area contributed by atoms with Crippen molar-refractivity contribution in [2.45, 2.75) is 13.0 Å². The van der Waals surface area contributed by atoms with Gasteiger partial charge in [0, 0.05) is 24.5 Å². The van der Waals surface area contributed by atoms with Crippen molar-refractivity contribution in [3.8, 4) is 0 Å². The minimum atomic E-state index is -0.279. The van der Waals surface area contributed by atoms with Crippen LogP contribution in [0.4, 0.5) is 11.6 Å². The first-order valence-electron chi connectivity index (χ1n) is 8.35. The van der Waals surface area contributed by atoms with Crippen LogP contribution in [0.2, 0.25) is 0 Å². The van der Waals surface area contributed by atoms with Gasteiger partial charge in [0.15, 0.2) is 5.82 Å². The molecule has 1 fully saturated rings. The van der Waals surface area contributed by atoms with E-state index in [1.54, 1.807) is 17.2 Å². The molecule has 0 aromatic carbocycles. The van der Waals surface area contributed by atoms with Gasteiger partial charge in [-0.25, -0.2) is 4.98 Å². The Morgan fingerprint density at radius 2 is 2.23 bits per heavy atom. The van der Waals surface area contributed by atoms with Gasteiger partial charge in [-0.15, -0.1) is 0 Å². The third-order valence-corrected chi connectivity index (χ3v) is 4.15. The number of carbonyl (C=O) groups excluding carboxylic acids is 1. The van der Waals surface area contributed by atoms with Gasteiger partial charge < -0.3 is 15.0 Å². The van der Waals surface area contributed by atoms with E-state index < -0.39 is 0 Å². The Bertz CT molecular complexity index is 890. The van der Waals surface area contributed by atoms with Crippen molar-refractivity contribution >= 4 is 17.5 Å². The summed E-state index contributed by atoms with van der Waals surface area (Å²) in [4.78, 5) is 18.9. The van der Waals surface area contributed by atoms with E-state index in [-0.39, 0.29) is 12.0 Å². The van der Waals surface area contributed by atoms with Crippen LogP contribution in [-0.4, -0.2) is 55.9 Å². The van der Waals surface area contributed by atoms with Crippen LogP contribution in [0.5, 0.6) is 0 Å². The van der Waals surface area contributed by atoms with Crippen LogP contribution < -0.4 is 5.32 Å². The van der Waals surface area contributed by atoms with Crippen molar-refractivity contribution in [2.75, 3.05) is 25.0 Å². The predicted octanol–water partition coefficient (Wildman–Crippen LogP) is 1.79. The maximum absolute atomic E-state index is 12.5. The van der Waals surface area contributed by atoms with Crippen LogP contribution >= 0.6 is 0 Å². The van der Waals surface area contributed by atoms with Gasteiger partial charge in [0.2, 0.25) is 0 Å². The summed E-state index contributed by atoms with van der Waals surface area (Å²) in [5.74, 6) is 1.29. The van der Waals surface area contributed by atoms with Crippen LogP contribution in [0.1, 0.15) is 28.0 Å². The summed E-state index contributed by atoms with van der Waals surface area (Å²) in [7, 11) is 0. The molecule has 1 amide bonds. The van der Waals surface area contributed by atoms with E-state index >= 15 is 0 Å². The van der Waals surface area contributed by atoms with Crippen molar-refractivity contribution in [3.05, 3.63) is 53.6 Å². The van der Waals surface area contributed by atoms with Crippen molar-refractivity contribution in [1.29, 1.82) is 0 Å². The number of pyridine rings is 1. The van der Waals surface area contributed by atoms with Gasteiger partial charge in [-0.05, 0) is 25.1 Å². The van der Waals surface area contributed by atoms with Gasteiger partial charge in [-0.2, -0.15) is 10.2 Å². The molecule has 0 unspecified atom stereocenters. The van der Waals surface area contributed by atoms with E-state index in [9.17, 15) is 4.79 Å². The molecule has 0 spiro atoms. The second-order valence-corrected chi connectivity index (χ2v) is 6.09. The first-order valence-corrected chi connectivity index (χ1v) is 8.35. The number of hydrogen-bond acceptors (Lipinski definition) is 6. The summed E-state index contributed by atoms with van der Waals surface area (Å²) in [5, 5.41) is 16.7. The number of amides is 1. The molecule has 4 rings (SSSR count). The van der Waals surface area contributed by atoms with Crippen molar-refractivity contribution in [2.24, 2.45) is 0 Å². The maximum Gasteiger partial charge on any atom is 0.272 e. The lowest BCUT2D eigenvalue weighted by Crippen LogP contribution is -2.42. The average molecular weight is 353 g/mol. The van der Waals surface area contributed by atoms with Gasteiger partial charge in [-0.1, -0.05) is 6.07 Å². The minimum Gasteiger partial charge on any atom is -0.368 e. The third-order valence-electron chi connectivity index (χ3n) is 4.15. The monoisotopic (exact) mass is 353 g/mol. The van der Waals surface area contributed by atoms with Gasteiger partial charge in [-0.3, -0.25) is 15.0 Å². The first kappa shape index (κ1) is 16.3. The molecule has 1 saturated heterocycles. The fourth-order valence-electron chi connectivity index (χ4n) is 2.87. The second-order valence-electron chi connectivity index (χ2n) is 6.09. The van der Waals surface area contributed by atoms with E-state index in [0.717, 1.165) is 11.4 Å².